The number of amides is 1. The van der Waals surface area contributed by atoms with Gasteiger partial charge in [-0.3, -0.25) is 4.79 Å². The zero-order chi connectivity index (χ0) is 17.3. The van der Waals surface area contributed by atoms with Crippen molar-refractivity contribution in [2.24, 2.45) is 11.3 Å². The fourth-order valence-electron chi connectivity index (χ4n) is 4.49. The molecule has 0 aliphatic carbocycles. The Hall–Kier alpha value is -1.46. The third-order valence-electron chi connectivity index (χ3n) is 5.82. The average molecular weight is 334 g/mol. The Kier molecular flexibility index (Phi) is 4.92. The molecule has 0 N–H and O–H groups in total. The molecule has 0 bridgehead atoms. The van der Waals surface area contributed by atoms with Gasteiger partial charge in [-0.15, -0.1) is 0 Å². The Balaban J connectivity index is 1.69. The van der Waals surface area contributed by atoms with Gasteiger partial charge in [0.05, 0.1) is 6.61 Å². The molecule has 2 aliphatic rings. The van der Waals surface area contributed by atoms with Gasteiger partial charge in [0.15, 0.2) is 0 Å². The zero-order valence-electron chi connectivity index (χ0n) is 14.8. The highest BCUT2D eigenvalue weighted by atomic mass is 19.1. The summed E-state index contributed by atoms with van der Waals surface area (Å²) in [4.78, 5) is 17.1. The van der Waals surface area contributed by atoms with Gasteiger partial charge < -0.3 is 14.5 Å². The number of carbonyl (C=O) groups is 1. The van der Waals surface area contributed by atoms with Crippen LogP contribution in [0.2, 0.25) is 0 Å². The van der Waals surface area contributed by atoms with Gasteiger partial charge in [0, 0.05) is 44.8 Å². The van der Waals surface area contributed by atoms with Crippen molar-refractivity contribution >= 4 is 5.91 Å². The molecule has 1 aromatic carbocycles. The topological polar surface area (TPSA) is 32.8 Å². The summed E-state index contributed by atoms with van der Waals surface area (Å²) >= 11 is 0. The molecule has 24 heavy (non-hydrogen) atoms. The molecule has 132 valence electrons. The number of nitrogens with zero attached hydrogens (tertiary/aromatic N) is 2. The Bertz CT molecular complexity index is 611. The SMILES string of the molecule is COCC1CN(C)CC12CCN(C(=O)c1ccc(F)cc1C)CC2. The standard InChI is InChI=1S/C19H27FN2O2/c1-14-10-16(20)4-5-17(14)18(23)22-8-6-19(7-9-22)13-21(2)11-15(19)12-24-3/h4-5,10,15H,6-9,11-13H2,1-3H3. The van der Waals surface area contributed by atoms with Gasteiger partial charge in [-0.1, -0.05) is 0 Å². The van der Waals surface area contributed by atoms with Crippen LogP contribution in [0.1, 0.15) is 28.8 Å². The van der Waals surface area contributed by atoms with E-state index >= 15 is 0 Å². The van der Waals surface area contributed by atoms with Crippen LogP contribution in [0, 0.1) is 24.1 Å². The fourth-order valence-corrected chi connectivity index (χ4v) is 4.49. The number of halogens is 1. The predicted molar refractivity (Wildman–Crippen MR) is 91.6 cm³/mol. The van der Waals surface area contributed by atoms with E-state index in [0.29, 0.717) is 17.0 Å². The Morgan fingerprint density at radius 2 is 2.08 bits per heavy atom. The Labute approximate surface area is 143 Å². The maximum atomic E-state index is 13.3. The summed E-state index contributed by atoms with van der Waals surface area (Å²) in [5, 5.41) is 0. The van der Waals surface area contributed by atoms with E-state index in [4.69, 9.17) is 4.74 Å². The monoisotopic (exact) mass is 334 g/mol. The van der Waals surface area contributed by atoms with E-state index < -0.39 is 0 Å². The zero-order valence-corrected chi connectivity index (χ0v) is 14.8. The van der Waals surface area contributed by atoms with E-state index in [9.17, 15) is 9.18 Å². The van der Waals surface area contributed by atoms with Crippen LogP contribution in [0.4, 0.5) is 4.39 Å². The molecule has 1 unspecified atom stereocenters. The predicted octanol–water partition coefficient (Wildman–Crippen LogP) is 2.56. The number of piperidine rings is 1. The number of hydrogen-bond donors (Lipinski definition) is 0. The lowest BCUT2D eigenvalue weighted by atomic mass is 9.71. The van der Waals surface area contributed by atoms with Crippen molar-refractivity contribution in [3.63, 3.8) is 0 Å². The number of benzene rings is 1. The van der Waals surface area contributed by atoms with Crippen LogP contribution in [-0.4, -0.2) is 62.7 Å². The number of hydrogen-bond acceptors (Lipinski definition) is 3. The summed E-state index contributed by atoms with van der Waals surface area (Å²) in [6.07, 6.45) is 2.02. The highest BCUT2D eigenvalue weighted by molar-refractivity contribution is 5.95. The van der Waals surface area contributed by atoms with Gasteiger partial charge in [-0.25, -0.2) is 4.39 Å². The van der Waals surface area contributed by atoms with Crippen molar-refractivity contribution in [2.75, 3.05) is 46.9 Å². The molecule has 2 heterocycles. The summed E-state index contributed by atoms with van der Waals surface area (Å²) in [6.45, 7) is 6.27. The van der Waals surface area contributed by atoms with Crippen LogP contribution in [0.3, 0.4) is 0 Å². The molecular formula is C19H27FN2O2. The summed E-state index contributed by atoms with van der Waals surface area (Å²) < 4.78 is 18.7. The first-order chi connectivity index (χ1) is 11.4. The summed E-state index contributed by atoms with van der Waals surface area (Å²) in [7, 11) is 3.93. The maximum Gasteiger partial charge on any atom is 0.254 e. The average Bonchev–Trinajstić information content (AvgIpc) is 2.83. The quantitative estimate of drug-likeness (QED) is 0.852. The molecule has 1 atom stereocenters. The van der Waals surface area contributed by atoms with E-state index in [1.54, 1.807) is 20.1 Å². The molecule has 0 aromatic heterocycles. The normalized spacial score (nSPS) is 23.8. The van der Waals surface area contributed by atoms with Gasteiger partial charge in [0.25, 0.3) is 5.91 Å². The van der Waals surface area contributed by atoms with Crippen molar-refractivity contribution in [2.45, 2.75) is 19.8 Å². The van der Waals surface area contributed by atoms with Crippen molar-refractivity contribution in [1.82, 2.24) is 9.80 Å². The highest BCUT2D eigenvalue weighted by Gasteiger charge is 2.47. The highest BCUT2D eigenvalue weighted by Crippen LogP contribution is 2.44. The van der Waals surface area contributed by atoms with Gasteiger partial charge in [0.2, 0.25) is 0 Å². The molecule has 3 rings (SSSR count). The van der Waals surface area contributed by atoms with E-state index in [-0.39, 0.29) is 17.1 Å². The second-order valence-electron chi connectivity index (χ2n) is 7.46. The second kappa shape index (κ2) is 6.81. The molecule has 2 saturated heterocycles. The first-order valence-corrected chi connectivity index (χ1v) is 8.68. The van der Waals surface area contributed by atoms with Crippen molar-refractivity contribution in [3.8, 4) is 0 Å². The molecule has 2 aliphatic heterocycles. The molecule has 1 amide bonds. The van der Waals surface area contributed by atoms with E-state index in [1.165, 1.54) is 12.1 Å². The summed E-state index contributed by atoms with van der Waals surface area (Å²) in [5.41, 5.74) is 1.59. The molecule has 5 heteroatoms. The Morgan fingerprint density at radius 1 is 1.38 bits per heavy atom. The minimum absolute atomic E-state index is 0.0250. The number of rotatable bonds is 3. The lowest BCUT2D eigenvalue weighted by Gasteiger charge is -2.42. The fraction of sp³-hybridized carbons (Fsp3) is 0.632. The number of carbonyl (C=O) groups excluding carboxylic acids is 1. The molecule has 4 nitrogen and oxygen atoms in total. The summed E-state index contributed by atoms with van der Waals surface area (Å²) in [6, 6.07) is 4.40. The van der Waals surface area contributed by atoms with Crippen LogP contribution < -0.4 is 0 Å². The molecule has 1 spiro atoms. The van der Waals surface area contributed by atoms with E-state index in [0.717, 1.165) is 45.6 Å². The lowest BCUT2D eigenvalue weighted by molar-refractivity contribution is 0.0324. The van der Waals surface area contributed by atoms with Gasteiger partial charge in [-0.05, 0) is 56.0 Å². The second-order valence-corrected chi connectivity index (χ2v) is 7.46. The minimum Gasteiger partial charge on any atom is -0.384 e. The van der Waals surface area contributed by atoms with Gasteiger partial charge in [-0.2, -0.15) is 0 Å². The maximum absolute atomic E-state index is 13.3. The number of ether oxygens (including phenoxy) is 1. The molecule has 0 radical (unpaired) electrons. The molecular weight excluding hydrogens is 307 g/mol. The Morgan fingerprint density at radius 3 is 2.71 bits per heavy atom. The largest absolute Gasteiger partial charge is 0.384 e. The van der Waals surface area contributed by atoms with Gasteiger partial charge >= 0.3 is 0 Å². The third kappa shape index (κ3) is 3.20. The molecule has 2 fully saturated rings. The first kappa shape index (κ1) is 17.4. The number of aryl methyl sites for hydroxylation is 1. The van der Waals surface area contributed by atoms with Crippen LogP contribution in [0.15, 0.2) is 18.2 Å². The first-order valence-electron chi connectivity index (χ1n) is 8.68. The van der Waals surface area contributed by atoms with Crippen LogP contribution in [0.5, 0.6) is 0 Å². The molecule has 0 saturated carbocycles. The summed E-state index contributed by atoms with van der Waals surface area (Å²) in [5.74, 6) is 0.271. The van der Waals surface area contributed by atoms with Crippen LogP contribution >= 0.6 is 0 Å². The third-order valence-corrected chi connectivity index (χ3v) is 5.82. The minimum atomic E-state index is -0.293. The van der Waals surface area contributed by atoms with Crippen molar-refractivity contribution in [1.29, 1.82) is 0 Å². The van der Waals surface area contributed by atoms with Crippen molar-refractivity contribution < 1.29 is 13.9 Å². The number of likely N-dealkylation sites (tertiary alicyclic amines) is 2. The van der Waals surface area contributed by atoms with Gasteiger partial charge in [0.1, 0.15) is 5.82 Å². The molecule has 1 aromatic rings. The van der Waals surface area contributed by atoms with E-state index in [2.05, 4.69) is 11.9 Å². The lowest BCUT2D eigenvalue weighted by Crippen LogP contribution is -2.47. The van der Waals surface area contributed by atoms with Crippen LogP contribution in [0.25, 0.3) is 0 Å². The van der Waals surface area contributed by atoms with Crippen LogP contribution in [-0.2, 0) is 4.74 Å². The smallest absolute Gasteiger partial charge is 0.254 e. The van der Waals surface area contributed by atoms with Crippen molar-refractivity contribution in [3.05, 3.63) is 35.1 Å². The van der Waals surface area contributed by atoms with E-state index in [1.807, 2.05) is 4.90 Å². The number of methoxy groups -OCH3 is 1.